The third-order valence-electron chi connectivity index (χ3n) is 2.71. The molecule has 0 bridgehead atoms. The van der Waals surface area contributed by atoms with E-state index in [-0.39, 0.29) is 17.5 Å². The van der Waals surface area contributed by atoms with Gasteiger partial charge in [-0.15, -0.1) is 11.6 Å². The van der Waals surface area contributed by atoms with Crippen LogP contribution in [-0.4, -0.2) is 22.8 Å². The molecule has 0 aliphatic rings. The number of carbonyl (C=O) groups is 1. The number of ketones is 1. The SMILES string of the molecule is O=C(c1cc(Cl)nc(Br)c1)C(Cl)COCc1ccccc1. The Bertz CT molecular complexity index is 602. The van der Waals surface area contributed by atoms with Crippen LogP contribution < -0.4 is 0 Å². The molecule has 21 heavy (non-hydrogen) atoms. The van der Waals surface area contributed by atoms with Crippen molar-refractivity contribution in [2.24, 2.45) is 0 Å². The number of alkyl halides is 1. The third-order valence-corrected chi connectivity index (χ3v) is 3.63. The summed E-state index contributed by atoms with van der Waals surface area (Å²) in [6.07, 6.45) is 0. The highest BCUT2D eigenvalue weighted by Gasteiger charge is 2.19. The fourth-order valence-corrected chi connectivity index (χ4v) is 2.68. The molecule has 0 amide bonds. The van der Waals surface area contributed by atoms with Crippen molar-refractivity contribution in [2.75, 3.05) is 6.61 Å². The van der Waals surface area contributed by atoms with E-state index in [1.54, 1.807) is 6.07 Å². The van der Waals surface area contributed by atoms with Crippen LogP contribution in [0, 0.1) is 0 Å². The topological polar surface area (TPSA) is 39.2 Å². The first-order valence-corrected chi connectivity index (χ1v) is 7.80. The standard InChI is InChI=1S/C15H12BrCl2NO2/c16-13-6-11(7-14(18)19-13)15(20)12(17)9-21-8-10-4-2-1-3-5-10/h1-7,12H,8-9H2. The van der Waals surface area contributed by atoms with Gasteiger partial charge in [-0.25, -0.2) is 4.98 Å². The van der Waals surface area contributed by atoms with Crippen molar-refractivity contribution in [3.63, 3.8) is 0 Å². The molecule has 0 fully saturated rings. The number of halogens is 3. The van der Waals surface area contributed by atoms with Gasteiger partial charge in [0.1, 0.15) is 15.1 Å². The second-order valence-electron chi connectivity index (χ2n) is 4.33. The van der Waals surface area contributed by atoms with Crippen molar-refractivity contribution in [3.8, 4) is 0 Å². The summed E-state index contributed by atoms with van der Waals surface area (Å²) in [5.41, 5.74) is 1.44. The number of hydrogen-bond acceptors (Lipinski definition) is 3. The molecule has 0 saturated carbocycles. The van der Waals surface area contributed by atoms with Gasteiger partial charge in [0.05, 0.1) is 13.2 Å². The molecule has 0 radical (unpaired) electrons. The fraction of sp³-hybridized carbons (Fsp3) is 0.200. The van der Waals surface area contributed by atoms with Crippen LogP contribution in [-0.2, 0) is 11.3 Å². The molecule has 0 spiro atoms. The van der Waals surface area contributed by atoms with Crippen LogP contribution in [0.4, 0.5) is 0 Å². The van der Waals surface area contributed by atoms with Gasteiger partial charge < -0.3 is 4.74 Å². The summed E-state index contributed by atoms with van der Waals surface area (Å²) < 4.78 is 5.96. The number of aromatic nitrogens is 1. The predicted octanol–water partition coefficient (Wildman–Crippen LogP) is 4.50. The Morgan fingerprint density at radius 3 is 2.67 bits per heavy atom. The molecule has 0 aliphatic carbocycles. The van der Waals surface area contributed by atoms with E-state index >= 15 is 0 Å². The van der Waals surface area contributed by atoms with Gasteiger partial charge in [0.15, 0.2) is 5.78 Å². The summed E-state index contributed by atoms with van der Waals surface area (Å²) in [7, 11) is 0. The molecule has 110 valence electrons. The molecule has 3 nitrogen and oxygen atoms in total. The summed E-state index contributed by atoms with van der Waals surface area (Å²) in [6.45, 7) is 0.547. The van der Waals surface area contributed by atoms with Crippen LogP contribution in [0.2, 0.25) is 5.15 Å². The molecule has 1 heterocycles. The normalized spacial score (nSPS) is 12.1. The van der Waals surface area contributed by atoms with Crippen LogP contribution >= 0.6 is 39.1 Å². The van der Waals surface area contributed by atoms with Gasteiger partial charge in [0.2, 0.25) is 0 Å². The maximum Gasteiger partial charge on any atom is 0.183 e. The smallest absolute Gasteiger partial charge is 0.183 e. The lowest BCUT2D eigenvalue weighted by molar-refractivity contribution is 0.0860. The van der Waals surface area contributed by atoms with E-state index in [9.17, 15) is 4.79 Å². The van der Waals surface area contributed by atoms with E-state index in [2.05, 4.69) is 20.9 Å². The summed E-state index contributed by atoms with van der Waals surface area (Å²) >= 11 is 15.1. The number of benzene rings is 1. The molecule has 2 rings (SSSR count). The lowest BCUT2D eigenvalue weighted by Crippen LogP contribution is -2.21. The third kappa shape index (κ3) is 5.08. The Balaban J connectivity index is 1.90. The Kier molecular flexibility index (Phi) is 6.18. The van der Waals surface area contributed by atoms with E-state index < -0.39 is 5.38 Å². The fourth-order valence-electron chi connectivity index (χ4n) is 1.72. The van der Waals surface area contributed by atoms with Gasteiger partial charge in [-0.1, -0.05) is 41.9 Å². The summed E-state index contributed by atoms with van der Waals surface area (Å²) in [5.74, 6) is -0.241. The molecular weight excluding hydrogens is 377 g/mol. The average molecular weight is 389 g/mol. The second-order valence-corrected chi connectivity index (χ2v) is 6.06. The molecule has 6 heteroatoms. The number of Topliss-reactive ketones (excluding diaryl/α,β-unsaturated/α-hetero) is 1. The first-order chi connectivity index (χ1) is 10.1. The van der Waals surface area contributed by atoms with Crippen molar-refractivity contribution in [1.29, 1.82) is 0 Å². The van der Waals surface area contributed by atoms with Crippen LogP contribution in [0.1, 0.15) is 15.9 Å². The average Bonchev–Trinajstić information content (AvgIpc) is 2.46. The van der Waals surface area contributed by atoms with Crippen LogP contribution in [0.15, 0.2) is 47.1 Å². The number of rotatable bonds is 6. The van der Waals surface area contributed by atoms with Crippen molar-refractivity contribution >= 4 is 44.9 Å². The molecule has 1 aromatic carbocycles. The maximum absolute atomic E-state index is 12.2. The highest BCUT2D eigenvalue weighted by molar-refractivity contribution is 9.10. The van der Waals surface area contributed by atoms with Gasteiger partial charge in [-0.3, -0.25) is 4.79 Å². The van der Waals surface area contributed by atoms with Crippen molar-refractivity contribution in [3.05, 3.63) is 63.3 Å². The minimum Gasteiger partial charge on any atom is -0.375 e. The Morgan fingerprint density at radius 1 is 1.29 bits per heavy atom. The summed E-state index contributed by atoms with van der Waals surface area (Å²) in [6, 6.07) is 12.8. The zero-order valence-electron chi connectivity index (χ0n) is 10.9. The molecule has 0 N–H and O–H groups in total. The van der Waals surface area contributed by atoms with Gasteiger partial charge in [-0.05, 0) is 33.6 Å². The van der Waals surface area contributed by atoms with Gasteiger partial charge in [0, 0.05) is 5.56 Å². The molecule has 1 unspecified atom stereocenters. The largest absolute Gasteiger partial charge is 0.375 e. The van der Waals surface area contributed by atoms with Gasteiger partial charge in [0.25, 0.3) is 0 Å². The first kappa shape index (κ1) is 16.4. The van der Waals surface area contributed by atoms with E-state index in [0.29, 0.717) is 16.8 Å². The molecule has 0 aliphatic heterocycles. The van der Waals surface area contributed by atoms with E-state index in [4.69, 9.17) is 27.9 Å². The van der Waals surface area contributed by atoms with Crippen LogP contribution in [0.3, 0.4) is 0 Å². The van der Waals surface area contributed by atoms with Crippen molar-refractivity contribution in [2.45, 2.75) is 12.0 Å². The minimum absolute atomic E-state index is 0.132. The van der Waals surface area contributed by atoms with E-state index in [1.807, 2.05) is 30.3 Å². The van der Waals surface area contributed by atoms with Gasteiger partial charge in [-0.2, -0.15) is 0 Å². The van der Waals surface area contributed by atoms with Crippen LogP contribution in [0.25, 0.3) is 0 Å². The highest BCUT2D eigenvalue weighted by Crippen LogP contribution is 2.18. The Morgan fingerprint density at radius 2 is 2.00 bits per heavy atom. The zero-order chi connectivity index (χ0) is 15.2. The molecule has 2 aromatic rings. The summed E-state index contributed by atoms with van der Waals surface area (Å²) in [4.78, 5) is 16.1. The quantitative estimate of drug-likeness (QED) is 0.415. The Hall–Kier alpha value is -0.940. The molecule has 0 saturated heterocycles. The first-order valence-electron chi connectivity index (χ1n) is 6.19. The minimum atomic E-state index is -0.765. The van der Waals surface area contributed by atoms with E-state index in [0.717, 1.165) is 5.56 Å². The number of ether oxygens (including phenoxy) is 1. The van der Waals surface area contributed by atoms with Gasteiger partial charge >= 0.3 is 0 Å². The van der Waals surface area contributed by atoms with E-state index in [1.165, 1.54) is 6.07 Å². The molecular formula is C15H12BrCl2NO2. The monoisotopic (exact) mass is 387 g/mol. The van der Waals surface area contributed by atoms with Crippen molar-refractivity contribution in [1.82, 2.24) is 4.98 Å². The molecule has 1 aromatic heterocycles. The van der Waals surface area contributed by atoms with Crippen LogP contribution in [0.5, 0.6) is 0 Å². The highest BCUT2D eigenvalue weighted by atomic mass is 79.9. The number of hydrogen-bond donors (Lipinski definition) is 0. The Labute approximate surface area is 141 Å². The number of nitrogens with zero attached hydrogens (tertiary/aromatic N) is 1. The second kappa shape index (κ2) is 7.90. The lowest BCUT2D eigenvalue weighted by atomic mass is 10.1. The number of pyridine rings is 1. The van der Waals surface area contributed by atoms with Crippen molar-refractivity contribution < 1.29 is 9.53 Å². The lowest BCUT2D eigenvalue weighted by Gasteiger charge is -2.10. The predicted molar refractivity (Wildman–Crippen MR) is 87.0 cm³/mol. The molecule has 1 atom stereocenters. The summed E-state index contributed by atoms with van der Waals surface area (Å²) in [5, 5.41) is -0.527. The number of carbonyl (C=O) groups excluding carboxylic acids is 1. The maximum atomic E-state index is 12.2. The zero-order valence-corrected chi connectivity index (χ0v) is 14.0.